The highest BCUT2D eigenvalue weighted by molar-refractivity contribution is 6.01. The molecule has 2 unspecified atom stereocenters. The van der Waals surface area contributed by atoms with E-state index >= 15 is 0 Å². The highest BCUT2D eigenvalue weighted by atomic mass is 19.4. The summed E-state index contributed by atoms with van der Waals surface area (Å²) in [6, 6.07) is 3.26. The number of allylic oxidation sites excluding steroid dienone is 2. The van der Waals surface area contributed by atoms with E-state index in [0.29, 0.717) is 11.1 Å². The smallest absolute Gasteiger partial charge is 0.422 e. The molecule has 3 rings (SSSR count). The van der Waals surface area contributed by atoms with Crippen LogP contribution in [-0.2, 0) is 0 Å². The summed E-state index contributed by atoms with van der Waals surface area (Å²) in [6.45, 7) is -2.00. The third kappa shape index (κ3) is 4.28. The minimum Gasteiger partial charge on any atom is -0.483 e. The molecule has 2 atom stereocenters. The SMILES string of the molecule is NC1=NN(CC(O)CO)C2CC(c3c(F)cccc3OCC(F)(F)F)=CC=C12. The van der Waals surface area contributed by atoms with Gasteiger partial charge in [-0.25, -0.2) is 4.39 Å². The van der Waals surface area contributed by atoms with Gasteiger partial charge in [0.05, 0.1) is 30.9 Å². The first-order valence-corrected chi connectivity index (χ1v) is 8.49. The highest BCUT2D eigenvalue weighted by Crippen LogP contribution is 2.38. The van der Waals surface area contributed by atoms with Crippen LogP contribution in [0.1, 0.15) is 12.0 Å². The van der Waals surface area contributed by atoms with Crippen LogP contribution < -0.4 is 10.5 Å². The quantitative estimate of drug-likeness (QED) is 0.633. The number of halogens is 4. The summed E-state index contributed by atoms with van der Waals surface area (Å²) < 4.78 is 56.8. The fourth-order valence-electron chi connectivity index (χ4n) is 3.20. The van der Waals surface area contributed by atoms with Gasteiger partial charge in [0.1, 0.15) is 17.4 Å². The molecule has 0 saturated heterocycles. The van der Waals surface area contributed by atoms with E-state index in [1.807, 2.05) is 0 Å². The molecule has 10 heteroatoms. The van der Waals surface area contributed by atoms with Gasteiger partial charge in [-0.1, -0.05) is 18.2 Å². The first-order valence-electron chi connectivity index (χ1n) is 8.49. The molecule has 1 aliphatic heterocycles. The van der Waals surface area contributed by atoms with Gasteiger partial charge in [0.25, 0.3) is 0 Å². The lowest BCUT2D eigenvalue weighted by atomic mass is 9.88. The van der Waals surface area contributed by atoms with Crippen molar-refractivity contribution < 1.29 is 32.5 Å². The van der Waals surface area contributed by atoms with Crippen molar-refractivity contribution in [2.75, 3.05) is 19.8 Å². The van der Waals surface area contributed by atoms with Gasteiger partial charge < -0.3 is 20.7 Å². The van der Waals surface area contributed by atoms with Crippen molar-refractivity contribution in [3.63, 3.8) is 0 Å². The number of hydrazone groups is 1. The molecule has 2 aliphatic rings. The van der Waals surface area contributed by atoms with Gasteiger partial charge in [-0.15, -0.1) is 0 Å². The molecule has 0 spiro atoms. The van der Waals surface area contributed by atoms with Gasteiger partial charge in [0, 0.05) is 5.57 Å². The number of fused-ring (bicyclic) bond motifs is 1. The molecule has 152 valence electrons. The first kappa shape index (κ1) is 20.2. The van der Waals surface area contributed by atoms with Crippen molar-refractivity contribution in [1.82, 2.24) is 5.01 Å². The van der Waals surface area contributed by atoms with Crippen molar-refractivity contribution >= 4 is 11.4 Å². The number of ether oxygens (including phenoxy) is 1. The van der Waals surface area contributed by atoms with Gasteiger partial charge in [-0.2, -0.15) is 18.3 Å². The third-order valence-corrected chi connectivity index (χ3v) is 4.42. The zero-order valence-corrected chi connectivity index (χ0v) is 14.7. The molecule has 0 aromatic heterocycles. The van der Waals surface area contributed by atoms with E-state index in [2.05, 4.69) is 5.10 Å². The zero-order valence-electron chi connectivity index (χ0n) is 14.7. The number of nitrogens with zero attached hydrogens (tertiary/aromatic N) is 2. The molecule has 0 saturated carbocycles. The zero-order chi connectivity index (χ0) is 20.5. The fourth-order valence-corrected chi connectivity index (χ4v) is 3.20. The Hall–Kier alpha value is -2.59. The van der Waals surface area contributed by atoms with Crippen LogP contribution in [0.25, 0.3) is 5.57 Å². The Balaban J connectivity index is 1.89. The van der Waals surface area contributed by atoms with E-state index in [-0.39, 0.29) is 30.1 Å². The number of β-amino-alcohol motifs (C(OH)–C–C–N with tert-alkyl or cyclic N) is 1. The van der Waals surface area contributed by atoms with E-state index in [9.17, 15) is 22.7 Å². The van der Waals surface area contributed by atoms with E-state index in [4.69, 9.17) is 15.6 Å². The van der Waals surface area contributed by atoms with E-state index in [0.717, 1.165) is 6.07 Å². The van der Waals surface area contributed by atoms with Crippen LogP contribution in [-0.4, -0.2) is 59.1 Å². The molecule has 0 fully saturated rings. The lowest BCUT2D eigenvalue weighted by Crippen LogP contribution is -2.37. The standard InChI is InChI=1S/C18H19F4N3O3/c19-13-2-1-3-15(28-9-18(20,21)22)16(13)10-4-5-12-14(6-10)25(24-17(12)23)7-11(27)8-26/h1-5,11,14,26-27H,6-9H2,(H2,23,24). The Bertz CT molecular complexity index is 836. The monoisotopic (exact) mass is 401 g/mol. The van der Waals surface area contributed by atoms with Crippen molar-refractivity contribution in [1.29, 1.82) is 0 Å². The summed E-state index contributed by atoms with van der Waals surface area (Å²) in [7, 11) is 0. The van der Waals surface area contributed by atoms with Gasteiger partial charge >= 0.3 is 6.18 Å². The number of aliphatic hydroxyl groups is 2. The Morgan fingerprint density at radius 1 is 1.32 bits per heavy atom. The fraction of sp³-hybridized carbons (Fsp3) is 0.389. The van der Waals surface area contributed by atoms with Crippen molar-refractivity contribution in [3.8, 4) is 5.75 Å². The van der Waals surface area contributed by atoms with Gasteiger partial charge in [-0.3, -0.25) is 5.01 Å². The average Bonchev–Trinajstić information content (AvgIpc) is 2.94. The normalized spacial score (nSPS) is 20.3. The molecule has 1 heterocycles. The average molecular weight is 401 g/mol. The largest absolute Gasteiger partial charge is 0.483 e. The summed E-state index contributed by atoms with van der Waals surface area (Å²) in [4.78, 5) is 0. The van der Waals surface area contributed by atoms with Crippen LogP contribution >= 0.6 is 0 Å². The third-order valence-electron chi connectivity index (χ3n) is 4.42. The van der Waals surface area contributed by atoms with Crippen LogP contribution in [0.3, 0.4) is 0 Å². The van der Waals surface area contributed by atoms with E-state index in [1.54, 1.807) is 12.2 Å². The topological polar surface area (TPSA) is 91.3 Å². The number of hydrogen-bond donors (Lipinski definition) is 3. The summed E-state index contributed by atoms with van der Waals surface area (Å²) in [5.41, 5.74) is 6.89. The Labute approximate surface area is 158 Å². The number of hydrogen-bond acceptors (Lipinski definition) is 6. The Morgan fingerprint density at radius 2 is 2.07 bits per heavy atom. The molecule has 1 aromatic carbocycles. The maximum atomic E-state index is 14.5. The van der Waals surface area contributed by atoms with Crippen molar-refractivity contribution in [2.45, 2.75) is 24.7 Å². The minimum atomic E-state index is -4.55. The van der Waals surface area contributed by atoms with E-state index in [1.165, 1.54) is 17.1 Å². The molecule has 0 amide bonds. The Kier molecular flexibility index (Phi) is 5.61. The molecule has 0 bridgehead atoms. The molecule has 0 radical (unpaired) electrons. The number of alkyl halides is 3. The molecule has 28 heavy (non-hydrogen) atoms. The second kappa shape index (κ2) is 7.80. The number of benzene rings is 1. The summed E-state index contributed by atoms with van der Waals surface area (Å²) in [5, 5.41) is 24.4. The van der Waals surface area contributed by atoms with Crippen molar-refractivity contribution in [3.05, 3.63) is 47.3 Å². The number of rotatable bonds is 6. The molecular weight excluding hydrogens is 382 g/mol. The lowest BCUT2D eigenvalue weighted by Gasteiger charge is -2.29. The summed E-state index contributed by atoms with van der Waals surface area (Å²) >= 11 is 0. The number of nitrogens with two attached hydrogens (primary N) is 1. The molecule has 4 N–H and O–H groups in total. The minimum absolute atomic E-state index is 0.00118. The Morgan fingerprint density at radius 3 is 2.75 bits per heavy atom. The van der Waals surface area contributed by atoms with E-state index < -0.39 is 37.4 Å². The maximum Gasteiger partial charge on any atom is 0.422 e. The van der Waals surface area contributed by atoms with Crippen LogP contribution in [0.2, 0.25) is 0 Å². The highest BCUT2D eigenvalue weighted by Gasteiger charge is 2.35. The summed E-state index contributed by atoms with van der Waals surface area (Å²) in [6.07, 6.45) is -2.23. The molecule has 6 nitrogen and oxygen atoms in total. The van der Waals surface area contributed by atoms with Crippen LogP contribution in [0.15, 0.2) is 41.0 Å². The second-order valence-electron chi connectivity index (χ2n) is 6.49. The number of aliphatic hydroxyl groups excluding tert-OH is 2. The van der Waals surface area contributed by atoms with Gasteiger partial charge in [0.2, 0.25) is 0 Å². The predicted octanol–water partition coefficient (Wildman–Crippen LogP) is 1.79. The van der Waals surface area contributed by atoms with Gasteiger partial charge in [-0.05, 0) is 24.1 Å². The summed E-state index contributed by atoms with van der Waals surface area (Å²) in [5.74, 6) is -0.696. The molecular formula is C18H19F4N3O3. The lowest BCUT2D eigenvalue weighted by molar-refractivity contribution is -0.153. The second-order valence-corrected chi connectivity index (χ2v) is 6.49. The van der Waals surface area contributed by atoms with Crippen LogP contribution in [0.4, 0.5) is 17.6 Å². The van der Waals surface area contributed by atoms with Crippen LogP contribution in [0.5, 0.6) is 5.75 Å². The van der Waals surface area contributed by atoms with Crippen molar-refractivity contribution in [2.24, 2.45) is 10.8 Å². The molecule has 1 aromatic rings. The van der Waals surface area contributed by atoms with Crippen LogP contribution in [0, 0.1) is 5.82 Å². The molecule has 1 aliphatic carbocycles. The first-order chi connectivity index (χ1) is 13.2. The predicted molar refractivity (Wildman–Crippen MR) is 93.8 cm³/mol. The number of amidine groups is 1. The maximum absolute atomic E-state index is 14.5. The van der Waals surface area contributed by atoms with Gasteiger partial charge in [0.15, 0.2) is 6.61 Å².